The van der Waals surface area contributed by atoms with Crippen LogP contribution in [0.2, 0.25) is 0 Å². The van der Waals surface area contributed by atoms with E-state index in [0.29, 0.717) is 5.92 Å². The highest BCUT2D eigenvalue weighted by atomic mass is 32.1. The average molecular weight is 241 g/mol. The summed E-state index contributed by atoms with van der Waals surface area (Å²) in [6.45, 7) is 10.3. The molecular weight excluding hydrogens is 218 g/mol. The molecule has 2 nitrogen and oxygen atoms in total. The van der Waals surface area contributed by atoms with E-state index in [0.717, 1.165) is 32.7 Å². The lowest BCUT2D eigenvalue weighted by molar-refractivity contribution is 0.123. The van der Waals surface area contributed by atoms with Crippen LogP contribution in [0.3, 0.4) is 0 Å². The van der Waals surface area contributed by atoms with Gasteiger partial charge in [0.05, 0.1) is 6.61 Å². The van der Waals surface area contributed by atoms with E-state index in [2.05, 4.69) is 38.2 Å². The van der Waals surface area contributed by atoms with E-state index >= 15 is 0 Å². The van der Waals surface area contributed by atoms with Crippen LogP contribution in [-0.4, -0.2) is 13.2 Å². The van der Waals surface area contributed by atoms with Gasteiger partial charge in [-0.2, -0.15) is 0 Å². The van der Waals surface area contributed by atoms with Crippen LogP contribution in [0.15, 0.2) is 12.1 Å². The Balaban J connectivity index is 2.22. The SMILES string of the molecule is CCCOCc1ccc(CNCC(C)C)s1. The van der Waals surface area contributed by atoms with Crippen LogP contribution < -0.4 is 5.32 Å². The highest BCUT2D eigenvalue weighted by Gasteiger charge is 2.00. The second-order valence-corrected chi connectivity index (χ2v) is 5.70. The first-order valence-corrected chi connectivity index (χ1v) is 6.90. The molecule has 1 N–H and O–H groups in total. The average Bonchev–Trinajstić information content (AvgIpc) is 2.66. The molecule has 0 atom stereocenters. The minimum absolute atomic E-state index is 0.715. The first-order chi connectivity index (χ1) is 7.72. The van der Waals surface area contributed by atoms with Crippen LogP contribution in [0.25, 0.3) is 0 Å². The zero-order valence-electron chi connectivity index (χ0n) is 10.6. The Labute approximate surface area is 103 Å². The van der Waals surface area contributed by atoms with Crippen molar-refractivity contribution in [2.24, 2.45) is 5.92 Å². The standard InChI is InChI=1S/C13H23NOS/c1-4-7-15-10-13-6-5-12(16-13)9-14-8-11(2)3/h5-6,11,14H,4,7-10H2,1-3H3. The maximum Gasteiger partial charge on any atom is 0.0809 e. The van der Waals surface area contributed by atoms with Crippen molar-refractivity contribution in [3.63, 3.8) is 0 Å². The van der Waals surface area contributed by atoms with Gasteiger partial charge in [0.25, 0.3) is 0 Å². The molecule has 1 aromatic heterocycles. The van der Waals surface area contributed by atoms with Gasteiger partial charge in [-0.1, -0.05) is 20.8 Å². The minimum Gasteiger partial charge on any atom is -0.376 e. The van der Waals surface area contributed by atoms with Crippen LogP contribution in [0.5, 0.6) is 0 Å². The van der Waals surface area contributed by atoms with Crippen LogP contribution in [0.4, 0.5) is 0 Å². The van der Waals surface area contributed by atoms with Crippen molar-refractivity contribution in [1.29, 1.82) is 0 Å². The Morgan fingerprint density at radius 1 is 1.31 bits per heavy atom. The summed E-state index contributed by atoms with van der Waals surface area (Å²) < 4.78 is 5.51. The van der Waals surface area contributed by atoms with E-state index in [1.807, 2.05) is 11.3 Å². The van der Waals surface area contributed by atoms with Gasteiger partial charge in [0, 0.05) is 22.9 Å². The zero-order chi connectivity index (χ0) is 11.8. The van der Waals surface area contributed by atoms with Crippen LogP contribution in [0.1, 0.15) is 36.9 Å². The molecule has 0 bridgehead atoms. The summed E-state index contributed by atoms with van der Waals surface area (Å²) in [7, 11) is 0. The molecule has 0 radical (unpaired) electrons. The van der Waals surface area contributed by atoms with Crippen LogP contribution in [0, 0.1) is 5.92 Å². The molecule has 1 heterocycles. The van der Waals surface area contributed by atoms with Crippen molar-refractivity contribution >= 4 is 11.3 Å². The summed E-state index contributed by atoms with van der Waals surface area (Å²) >= 11 is 1.85. The quantitative estimate of drug-likeness (QED) is 0.704. The number of nitrogens with one attached hydrogen (secondary N) is 1. The number of ether oxygens (including phenoxy) is 1. The number of hydrogen-bond donors (Lipinski definition) is 1. The van der Waals surface area contributed by atoms with Crippen molar-refractivity contribution in [2.45, 2.75) is 40.3 Å². The molecule has 92 valence electrons. The largest absolute Gasteiger partial charge is 0.376 e. The fourth-order valence-corrected chi connectivity index (χ4v) is 2.32. The fourth-order valence-electron chi connectivity index (χ4n) is 1.40. The van der Waals surface area contributed by atoms with Gasteiger partial charge in [-0.3, -0.25) is 0 Å². The Kier molecular flexibility index (Phi) is 6.69. The maximum atomic E-state index is 5.51. The predicted octanol–water partition coefficient (Wildman–Crippen LogP) is 3.42. The van der Waals surface area contributed by atoms with Crippen molar-refractivity contribution in [3.05, 3.63) is 21.9 Å². The topological polar surface area (TPSA) is 21.3 Å². The molecule has 0 saturated heterocycles. The minimum atomic E-state index is 0.715. The van der Waals surface area contributed by atoms with E-state index in [4.69, 9.17) is 4.74 Å². The van der Waals surface area contributed by atoms with Crippen molar-refractivity contribution in [1.82, 2.24) is 5.32 Å². The van der Waals surface area contributed by atoms with E-state index in [9.17, 15) is 0 Å². The lowest BCUT2D eigenvalue weighted by Crippen LogP contribution is -2.18. The van der Waals surface area contributed by atoms with Gasteiger partial charge >= 0.3 is 0 Å². The maximum absolute atomic E-state index is 5.51. The summed E-state index contributed by atoms with van der Waals surface area (Å²) in [6.07, 6.45) is 1.09. The summed E-state index contributed by atoms with van der Waals surface area (Å²) in [6, 6.07) is 4.37. The smallest absolute Gasteiger partial charge is 0.0809 e. The zero-order valence-corrected chi connectivity index (χ0v) is 11.4. The van der Waals surface area contributed by atoms with Crippen molar-refractivity contribution in [2.75, 3.05) is 13.2 Å². The molecule has 0 aromatic carbocycles. The second-order valence-electron chi connectivity index (χ2n) is 4.45. The monoisotopic (exact) mass is 241 g/mol. The van der Waals surface area contributed by atoms with E-state index in [1.54, 1.807) is 0 Å². The molecule has 0 unspecified atom stereocenters. The Morgan fingerprint density at radius 2 is 2.06 bits per heavy atom. The van der Waals surface area contributed by atoms with Gasteiger partial charge in [0.15, 0.2) is 0 Å². The molecule has 0 aliphatic carbocycles. The highest BCUT2D eigenvalue weighted by molar-refractivity contribution is 7.11. The van der Waals surface area contributed by atoms with Gasteiger partial charge < -0.3 is 10.1 Å². The molecule has 0 spiro atoms. The van der Waals surface area contributed by atoms with Crippen molar-refractivity contribution in [3.8, 4) is 0 Å². The summed E-state index contributed by atoms with van der Waals surface area (Å²) in [5, 5.41) is 3.45. The number of rotatable bonds is 8. The third kappa shape index (κ3) is 5.64. The number of thiophene rings is 1. The van der Waals surface area contributed by atoms with Crippen LogP contribution in [-0.2, 0) is 17.9 Å². The van der Waals surface area contributed by atoms with E-state index < -0.39 is 0 Å². The molecule has 0 fully saturated rings. The van der Waals surface area contributed by atoms with Gasteiger partial charge in [-0.25, -0.2) is 0 Å². The fraction of sp³-hybridized carbons (Fsp3) is 0.692. The van der Waals surface area contributed by atoms with Crippen molar-refractivity contribution < 1.29 is 4.74 Å². The molecule has 1 rings (SSSR count). The molecule has 0 aliphatic rings. The van der Waals surface area contributed by atoms with Gasteiger partial charge in [0.1, 0.15) is 0 Å². The van der Waals surface area contributed by atoms with Gasteiger partial charge in [0.2, 0.25) is 0 Å². The predicted molar refractivity (Wildman–Crippen MR) is 70.8 cm³/mol. The normalized spacial score (nSPS) is 11.2. The molecular formula is C13H23NOS. The highest BCUT2D eigenvalue weighted by Crippen LogP contribution is 2.17. The Morgan fingerprint density at radius 3 is 2.75 bits per heavy atom. The Hall–Kier alpha value is -0.380. The first kappa shape index (κ1) is 13.7. The molecule has 3 heteroatoms. The summed E-state index contributed by atoms with van der Waals surface area (Å²) in [5.74, 6) is 0.715. The van der Waals surface area contributed by atoms with Gasteiger partial charge in [-0.05, 0) is 31.0 Å². The first-order valence-electron chi connectivity index (χ1n) is 6.08. The van der Waals surface area contributed by atoms with Gasteiger partial charge in [-0.15, -0.1) is 11.3 Å². The molecule has 16 heavy (non-hydrogen) atoms. The molecule has 0 saturated carbocycles. The Bertz CT molecular complexity index is 283. The second kappa shape index (κ2) is 7.82. The lowest BCUT2D eigenvalue weighted by Gasteiger charge is -2.05. The third-order valence-electron chi connectivity index (χ3n) is 2.16. The lowest BCUT2D eigenvalue weighted by atomic mass is 10.2. The summed E-state index contributed by atoms with van der Waals surface area (Å²) in [4.78, 5) is 2.73. The molecule has 1 aromatic rings. The third-order valence-corrected chi connectivity index (χ3v) is 3.22. The van der Waals surface area contributed by atoms with Crippen LogP contribution >= 0.6 is 11.3 Å². The number of hydrogen-bond acceptors (Lipinski definition) is 3. The molecule has 0 aliphatic heterocycles. The van der Waals surface area contributed by atoms with E-state index in [-0.39, 0.29) is 0 Å². The van der Waals surface area contributed by atoms with E-state index in [1.165, 1.54) is 9.75 Å². The molecule has 0 amide bonds. The summed E-state index contributed by atoms with van der Waals surface area (Å²) in [5.41, 5.74) is 0.